The van der Waals surface area contributed by atoms with E-state index in [1.165, 1.54) is 12.1 Å². The van der Waals surface area contributed by atoms with Gasteiger partial charge in [0.1, 0.15) is 5.82 Å². The average molecular weight is 385 g/mol. The van der Waals surface area contributed by atoms with Crippen LogP contribution in [0.25, 0.3) is 6.08 Å². The molecule has 0 spiro atoms. The first-order valence-electron chi connectivity index (χ1n) is 9.36. The summed E-state index contributed by atoms with van der Waals surface area (Å²) in [4.78, 5) is 24.3. The first-order chi connectivity index (χ1) is 13.5. The van der Waals surface area contributed by atoms with Crippen molar-refractivity contribution in [2.45, 2.75) is 39.3 Å². The lowest BCUT2D eigenvalue weighted by Crippen LogP contribution is -2.18. The largest absolute Gasteiger partial charge is 0.454 e. The molecule has 0 N–H and O–H groups in total. The number of ether oxygens (including phenoxy) is 2. The number of nitrogens with zero attached hydrogens (tertiary/aromatic N) is 1. The van der Waals surface area contributed by atoms with Crippen molar-refractivity contribution in [3.05, 3.63) is 64.7 Å². The maximum absolute atomic E-state index is 13.5. The van der Waals surface area contributed by atoms with Crippen molar-refractivity contribution in [1.29, 1.82) is 0 Å². The molecular weight excluding hydrogens is 361 g/mol. The molecule has 6 heteroatoms. The van der Waals surface area contributed by atoms with Gasteiger partial charge in [0.05, 0.1) is 6.10 Å². The molecule has 0 bridgehead atoms. The normalized spacial score (nSPS) is 16.6. The van der Waals surface area contributed by atoms with Crippen LogP contribution >= 0.6 is 0 Å². The Kier molecular flexibility index (Phi) is 6.41. The minimum absolute atomic E-state index is 0.175. The minimum atomic E-state index is -0.690. The Morgan fingerprint density at radius 1 is 1.32 bits per heavy atom. The summed E-state index contributed by atoms with van der Waals surface area (Å²) in [7, 11) is 0. The molecule has 1 fully saturated rings. The second-order valence-corrected chi connectivity index (χ2v) is 6.92. The highest BCUT2D eigenvalue weighted by Crippen LogP contribution is 2.20. The number of esters is 1. The first-order valence-corrected chi connectivity index (χ1v) is 9.36. The highest BCUT2D eigenvalue weighted by molar-refractivity contribution is 6.00. The summed E-state index contributed by atoms with van der Waals surface area (Å²) >= 11 is 0. The minimum Gasteiger partial charge on any atom is -0.454 e. The van der Waals surface area contributed by atoms with Crippen LogP contribution in [-0.2, 0) is 20.8 Å². The van der Waals surface area contributed by atoms with Gasteiger partial charge in [-0.1, -0.05) is 18.2 Å². The van der Waals surface area contributed by atoms with Gasteiger partial charge >= 0.3 is 5.97 Å². The summed E-state index contributed by atoms with van der Waals surface area (Å²) in [5, 5.41) is 0. The maximum Gasteiger partial charge on any atom is 0.331 e. The molecule has 0 radical (unpaired) electrons. The lowest BCUT2D eigenvalue weighted by Gasteiger charge is -2.14. The van der Waals surface area contributed by atoms with Crippen molar-refractivity contribution in [1.82, 2.24) is 4.57 Å². The van der Waals surface area contributed by atoms with E-state index in [1.807, 2.05) is 19.9 Å². The monoisotopic (exact) mass is 385 g/mol. The van der Waals surface area contributed by atoms with E-state index in [4.69, 9.17) is 9.47 Å². The van der Waals surface area contributed by atoms with Gasteiger partial charge in [-0.25, -0.2) is 9.18 Å². The van der Waals surface area contributed by atoms with Crippen LogP contribution in [-0.4, -0.2) is 35.6 Å². The van der Waals surface area contributed by atoms with Gasteiger partial charge in [0.15, 0.2) is 6.61 Å². The van der Waals surface area contributed by atoms with Gasteiger partial charge in [-0.15, -0.1) is 0 Å². The van der Waals surface area contributed by atoms with E-state index >= 15 is 0 Å². The van der Waals surface area contributed by atoms with Crippen LogP contribution in [0.2, 0.25) is 0 Å². The van der Waals surface area contributed by atoms with Crippen LogP contribution in [0.4, 0.5) is 4.39 Å². The number of aryl methyl sites for hydroxylation is 1. The lowest BCUT2D eigenvalue weighted by molar-refractivity contribution is -0.136. The fourth-order valence-corrected chi connectivity index (χ4v) is 3.39. The summed E-state index contributed by atoms with van der Waals surface area (Å²) in [6, 6.07) is 7.91. The van der Waals surface area contributed by atoms with Crippen LogP contribution in [0.5, 0.6) is 0 Å². The molecule has 0 amide bonds. The molecule has 0 unspecified atom stereocenters. The second kappa shape index (κ2) is 8.97. The summed E-state index contributed by atoms with van der Waals surface area (Å²) < 4.78 is 26.3. The fourth-order valence-electron chi connectivity index (χ4n) is 3.39. The molecule has 1 saturated heterocycles. The Labute approximate surface area is 163 Å². The molecule has 2 aromatic rings. The molecule has 1 aliphatic rings. The number of hydrogen-bond acceptors (Lipinski definition) is 4. The van der Waals surface area contributed by atoms with E-state index in [2.05, 4.69) is 4.57 Å². The Morgan fingerprint density at radius 3 is 2.82 bits per heavy atom. The van der Waals surface area contributed by atoms with Crippen molar-refractivity contribution < 1.29 is 23.5 Å². The molecule has 28 heavy (non-hydrogen) atoms. The quantitative estimate of drug-likeness (QED) is 0.413. The molecule has 1 aromatic carbocycles. The average Bonchev–Trinajstić information content (AvgIpc) is 3.29. The molecular formula is C22H24FNO4. The predicted octanol–water partition coefficient (Wildman–Crippen LogP) is 3.86. The number of carbonyl (C=O) groups is 2. The van der Waals surface area contributed by atoms with Crippen molar-refractivity contribution in [2.24, 2.45) is 0 Å². The number of rotatable bonds is 7. The molecule has 1 aromatic heterocycles. The predicted molar refractivity (Wildman–Crippen MR) is 104 cm³/mol. The summed E-state index contributed by atoms with van der Waals surface area (Å²) in [5.74, 6) is -1.38. The highest BCUT2D eigenvalue weighted by atomic mass is 19.1. The Bertz CT molecular complexity index is 894. The molecule has 148 valence electrons. The highest BCUT2D eigenvalue weighted by Gasteiger charge is 2.21. The lowest BCUT2D eigenvalue weighted by atomic mass is 10.1. The van der Waals surface area contributed by atoms with Crippen molar-refractivity contribution in [2.75, 3.05) is 13.2 Å². The fraction of sp³-hybridized carbons (Fsp3) is 0.364. The maximum atomic E-state index is 13.5. The smallest absolute Gasteiger partial charge is 0.331 e. The van der Waals surface area contributed by atoms with Gasteiger partial charge in [0.25, 0.3) is 0 Å². The Balaban J connectivity index is 1.58. The van der Waals surface area contributed by atoms with Gasteiger partial charge in [0.2, 0.25) is 5.78 Å². The molecule has 2 heterocycles. The molecule has 3 rings (SSSR count). The number of carbonyl (C=O) groups excluding carboxylic acids is 2. The van der Waals surface area contributed by atoms with E-state index in [0.29, 0.717) is 5.56 Å². The number of halogens is 1. The van der Waals surface area contributed by atoms with Crippen molar-refractivity contribution in [3.8, 4) is 0 Å². The van der Waals surface area contributed by atoms with E-state index < -0.39 is 11.8 Å². The second-order valence-electron chi connectivity index (χ2n) is 6.92. The SMILES string of the molecule is Cc1cc(C(=O)COC(=O)/C=C/c2ccccc2F)c(C)n1C[C@@H]1CCCO1. The number of Topliss-reactive ketones (excluding diaryl/α,β-unsaturated/α-hetero) is 1. The summed E-state index contributed by atoms with van der Waals surface area (Å²) in [6.45, 7) is 4.98. The molecule has 1 atom stereocenters. The third-order valence-electron chi connectivity index (χ3n) is 4.93. The molecule has 1 aliphatic heterocycles. The summed E-state index contributed by atoms with van der Waals surface area (Å²) in [5.41, 5.74) is 2.64. The Morgan fingerprint density at radius 2 is 2.11 bits per heavy atom. The van der Waals surface area contributed by atoms with Gasteiger partial charge < -0.3 is 14.0 Å². The number of hydrogen-bond donors (Lipinski definition) is 0. The van der Waals surface area contributed by atoms with Crippen molar-refractivity contribution in [3.63, 3.8) is 0 Å². The van der Waals surface area contributed by atoms with Gasteiger partial charge in [0, 0.05) is 41.7 Å². The van der Waals surface area contributed by atoms with E-state index in [-0.39, 0.29) is 24.1 Å². The van der Waals surface area contributed by atoms with Crippen LogP contribution in [0.15, 0.2) is 36.4 Å². The van der Waals surface area contributed by atoms with E-state index in [0.717, 1.165) is 43.5 Å². The number of ketones is 1. The number of benzene rings is 1. The zero-order valence-electron chi connectivity index (χ0n) is 16.1. The zero-order valence-corrected chi connectivity index (χ0v) is 16.1. The first kappa shape index (κ1) is 20.0. The van der Waals surface area contributed by atoms with Gasteiger partial charge in [-0.05, 0) is 44.9 Å². The summed E-state index contributed by atoms with van der Waals surface area (Å²) in [6.07, 6.45) is 4.70. The van der Waals surface area contributed by atoms with Crippen LogP contribution in [0.1, 0.15) is 40.2 Å². The molecule has 0 saturated carbocycles. The molecule has 5 nitrogen and oxygen atoms in total. The standard InChI is InChI=1S/C22H24FNO4/c1-15-12-19(16(2)24(15)13-18-7-5-11-27-18)21(25)14-28-22(26)10-9-17-6-3-4-8-20(17)23/h3-4,6,8-10,12,18H,5,7,11,13-14H2,1-2H3/b10-9+/t18-/m0/s1. The van der Waals surface area contributed by atoms with Crippen LogP contribution in [0, 0.1) is 19.7 Å². The van der Waals surface area contributed by atoms with Gasteiger partial charge in [-0.2, -0.15) is 0 Å². The third kappa shape index (κ3) is 4.75. The van der Waals surface area contributed by atoms with Crippen LogP contribution in [0.3, 0.4) is 0 Å². The van der Waals surface area contributed by atoms with Crippen LogP contribution < -0.4 is 0 Å². The third-order valence-corrected chi connectivity index (χ3v) is 4.93. The van der Waals surface area contributed by atoms with E-state index in [1.54, 1.807) is 18.2 Å². The van der Waals surface area contributed by atoms with Crippen molar-refractivity contribution >= 4 is 17.8 Å². The van der Waals surface area contributed by atoms with Gasteiger partial charge in [-0.3, -0.25) is 4.79 Å². The zero-order chi connectivity index (χ0) is 20.1. The topological polar surface area (TPSA) is 57.5 Å². The number of aromatic nitrogens is 1. The molecule has 0 aliphatic carbocycles. The van der Waals surface area contributed by atoms with E-state index in [9.17, 15) is 14.0 Å². The Hall–Kier alpha value is -2.73.